The zero-order valence-corrected chi connectivity index (χ0v) is 17.3. The molecule has 1 aromatic heterocycles. The van der Waals surface area contributed by atoms with E-state index in [2.05, 4.69) is 15.6 Å². The Morgan fingerprint density at radius 3 is 2.34 bits per heavy atom. The minimum Gasteiger partial charge on any atom is -0.493 e. The predicted molar refractivity (Wildman–Crippen MR) is 111 cm³/mol. The summed E-state index contributed by atoms with van der Waals surface area (Å²) in [4.78, 5) is 29.1. The molecule has 29 heavy (non-hydrogen) atoms. The number of anilines is 1. The van der Waals surface area contributed by atoms with Crippen LogP contribution in [-0.4, -0.2) is 44.7 Å². The molecule has 0 bridgehead atoms. The Kier molecular flexibility index (Phi) is 6.18. The third-order valence-electron chi connectivity index (χ3n) is 4.12. The maximum atomic E-state index is 12.5. The van der Waals surface area contributed by atoms with Crippen LogP contribution < -0.4 is 24.8 Å². The number of fused-ring (bicyclic) bond motifs is 1. The molecule has 0 unspecified atom stereocenters. The molecule has 0 spiro atoms. The van der Waals surface area contributed by atoms with Crippen molar-refractivity contribution in [2.45, 2.75) is 6.92 Å². The van der Waals surface area contributed by atoms with Crippen molar-refractivity contribution in [2.24, 2.45) is 0 Å². The van der Waals surface area contributed by atoms with Crippen molar-refractivity contribution in [2.75, 3.05) is 33.2 Å². The number of aromatic nitrogens is 1. The van der Waals surface area contributed by atoms with Crippen LogP contribution in [0.5, 0.6) is 17.2 Å². The fraction of sp³-hybridized carbons (Fsp3) is 0.250. The van der Waals surface area contributed by atoms with Crippen LogP contribution in [0.4, 0.5) is 5.69 Å². The molecule has 1 heterocycles. The molecule has 0 fully saturated rings. The summed E-state index contributed by atoms with van der Waals surface area (Å²) in [7, 11) is 4.41. The maximum Gasteiger partial charge on any atom is 0.251 e. The highest BCUT2D eigenvalue weighted by molar-refractivity contribution is 7.18. The van der Waals surface area contributed by atoms with Crippen molar-refractivity contribution in [3.8, 4) is 17.2 Å². The van der Waals surface area contributed by atoms with Gasteiger partial charge in [-0.1, -0.05) is 0 Å². The highest BCUT2D eigenvalue weighted by Gasteiger charge is 2.17. The second kappa shape index (κ2) is 8.78. The minimum atomic E-state index is -0.437. The number of amides is 2. The van der Waals surface area contributed by atoms with Crippen LogP contribution in [0.1, 0.15) is 15.4 Å². The van der Waals surface area contributed by atoms with E-state index in [1.807, 2.05) is 19.1 Å². The number of carbonyl (C=O) groups excluding carboxylic acids is 2. The normalized spacial score (nSPS) is 10.5. The number of ether oxygens (including phenoxy) is 3. The molecule has 0 saturated heterocycles. The van der Waals surface area contributed by atoms with E-state index in [-0.39, 0.29) is 18.0 Å². The second-order valence-electron chi connectivity index (χ2n) is 6.06. The fourth-order valence-electron chi connectivity index (χ4n) is 2.80. The topological polar surface area (TPSA) is 98.8 Å². The summed E-state index contributed by atoms with van der Waals surface area (Å²) < 4.78 is 16.7. The minimum absolute atomic E-state index is 0.185. The van der Waals surface area contributed by atoms with Crippen LogP contribution in [0.25, 0.3) is 10.2 Å². The van der Waals surface area contributed by atoms with Gasteiger partial charge in [0, 0.05) is 11.3 Å². The van der Waals surface area contributed by atoms with Gasteiger partial charge in [0.25, 0.3) is 5.91 Å². The van der Waals surface area contributed by atoms with Crippen molar-refractivity contribution in [1.82, 2.24) is 10.3 Å². The molecule has 3 aromatic rings. The van der Waals surface area contributed by atoms with Gasteiger partial charge < -0.3 is 24.8 Å². The Balaban J connectivity index is 1.65. The second-order valence-corrected chi connectivity index (χ2v) is 7.30. The Morgan fingerprint density at radius 1 is 1.03 bits per heavy atom. The van der Waals surface area contributed by atoms with Crippen molar-refractivity contribution in [3.05, 3.63) is 40.9 Å². The van der Waals surface area contributed by atoms with Crippen LogP contribution >= 0.6 is 11.3 Å². The summed E-state index contributed by atoms with van der Waals surface area (Å²) in [5, 5.41) is 6.32. The molecular formula is C20H21N3O5S. The highest BCUT2D eigenvalue weighted by Crippen LogP contribution is 2.38. The predicted octanol–water partition coefficient (Wildman–Crippen LogP) is 3.00. The molecule has 0 aliphatic carbocycles. The molecule has 0 aliphatic heterocycles. The molecule has 9 heteroatoms. The standard InChI is InChI=1S/C20H21N3O5S/c1-11-22-14-6-5-13(9-17(14)29-11)23-18(24)10-21-20(25)12-7-15(26-2)19(28-4)16(8-12)27-3/h5-9H,10H2,1-4H3,(H,21,25)(H,23,24). The monoisotopic (exact) mass is 415 g/mol. The first-order valence-corrected chi connectivity index (χ1v) is 9.52. The van der Waals surface area contributed by atoms with E-state index >= 15 is 0 Å². The Bertz CT molecular complexity index is 1040. The lowest BCUT2D eigenvalue weighted by Crippen LogP contribution is -2.32. The number of nitrogens with one attached hydrogen (secondary N) is 2. The van der Waals surface area contributed by atoms with Gasteiger partial charge >= 0.3 is 0 Å². The summed E-state index contributed by atoms with van der Waals surface area (Å²) in [6, 6.07) is 8.53. The largest absolute Gasteiger partial charge is 0.493 e. The summed E-state index contributed by atoms with van der Waals surface area (Å²) in [5.41, 5.74) is 1.82. The van der Waals surface area contributed by atoms with Crippen molar-refractivity contribution in [1.29, 1.82) is 0 Å². The van der Waals surface area contributed by atoms with Gasteiger partial charge in [-0.3, -0.25) is 9.59 Å². The van der Waals surface area contributed by atoms with Gasteiger partial charge in [0.05, 0.1) is 43.1 Å². The Morgan fingerprint density at radius 2 is 1.72 bits per heavy atom. The first kappa shape index (κ1) is 20.4. The number of carbonyl (C=O) groups is 2. The molecule has 2 aromatic carbocycles. The number of hydrogen-bond donors (Lipinski definition) is 2. The number of benzene rings is 2. The lowest BCUT2D eigenvalue weighted by Gasteiger charge is -2.14. The summed E-state index contributed by atoms with van der Waals surface area (Å²) in [6.07, 6.45) is 0. The zero-order chi connectivity index (χ0) is 21.0. The van der Waals surface area contributed by atoms with Gasteiger partial charge in [0.2, 0.25) is 11.7 Å². The molecule has 8 nitrogen and oxygen atoms in total. The van der Waals surface area contributed by atoms with Gasteiger partial charge in [-0.05, 0) is 37.3 Å². The highest BCUT2D eigenvalue weighted by atomic mass is 32.1. The molecule has 152 valence electrons. The lowest BCUT2D eigenvalue weighted by molar-refractivity contribution is -0.115. The van der Waals surface area contributed by atoms with E-state index in [4.69, 9.17) is 14.2 Å². The molecule has 0 aliphatic rings. The average Bonchev–Trinajstić information content (AvgIpc) is 3.09. The molecule has 3 rings (SSSR count). The zero-order valence-electron chi connectivity index (χ0n) is 16.5. The van der Waals surface area contributed by atoms with E-state index in [0.29, 0.717) is 22.9 Å². The van der Waals surface area contributed by atoms with Crippen molar-refractivity contribution < 1.29 is 23.8 Å². The van der Waals surface area contributed by atoms with E-state index in [1.165, 1.54) is 33.5 Å². The number of thiazole rings is 1. The molecule has 0 radical (unpaired) electrons. The molecule has 2 amide bonds. The number of rotatable bonds is 7. The molecule has 0 saturated carbocycles. The number of methoxy groups -OCH3 is 3. The van der Waals surface area contributed by atoms with Gasteiger partial charge in [0.1, 0.15) is 0 Å². The van der Waals surface area contributed by atoms with Crippen LogP contribution in [0.15, 0.2) is 30.3 Å². The van der Waals surface area contributed by atoms with Gasteiger partial charge in [-0.15, -0.1) is 11.3 Å². The van der Waals surface area contributed by atoms with Crippen LogP contribution in [-0.2, 0) is 4.79 Å². The first-order valence-electron chi connectivity index (χ1n) is 8.70. The Hall–Kier alpha value is -3.33. The van der Waals surface area contributed by atoms with E-state index in [1.54, 1.807) is 17.4 Å². The SMILES string of the molecule is COc1cc(C(=O)NCC(=O)Nc2ccc3nc(C)sc3c2)cc(OC)c1OC. The quantitative estimate of drug-likeness (QED) is 0.616. The van der Waals surface area contributed by atoms with Crippen molar-refractivity contribution >= 4 is 39.1 Å². The molecule has 0 atom stereocenters. The summed E-state index contributed by atoms with van der Waals surface area (Å²) in [6.45, 7) is 1.75. The average molecular weight is 415 g/mol. The van der Waals surface area contributed by atoms with Gasteiger partial charge in [-0.25, -0.2) is 4.98 Å². The van der Waals surface area contributed by atoms with E-state index in [9.17, 15) is 9.59 Å². The number of hydrogen-bond acceptors (Lipinski definition) is 7. The van der Waals surface area contributed by atoms with Crippen LogP contribution in [0.3, 0.4) is 0 Å². The third kappa shape index (κ3) is 4.57. The van der Waals surface area contributed by atoms with E-state index in [0.717, 1.165) is 15.2 Å². The first-order chi connectivity index (χ1) is 13.9. The van der Waals surface area contributed by atoms with Crippen LogP contribution in [0, 0.1) is 6.92 Å². The number of aryl methyl sites for hydroxylation is 1. The smallest absolute Gasteiger partial charge is 0.251 e. The third-order valence-corrected chi connectivity index (χ3v) is 5.05. The number of nitrogens with zero attached hydrogens (tertiary/aromatic N) is 1. The van der Waals surface area contributed by atoms with E-state index < -0.39 is 5.91 Å². The fourth-order valence-corrected chi connectivity index (χ4v) is 3.66. The summed E-state index contributed by atoms with van der Waals surface area (Å²) in [5.74, 6) is 0.321. The van der Waals surface area contributed by atoms with Crippen molar-refractivity contribution in [3.63, 3.8) is 0 Å². The van der Waals surface area contributed by atoms with Crippen LogP contribution in [0.2, 0.25) is 0 Å². The Labute approximate surface area is 171 Å². The maximum absolute atomic E-state index is 12.5. The van der Waals surface area contributed by atoms with Gasteiger partial charge in [-0.2, -0.15) is 0 Å². The lowest BCUT2D eigenvalue weighted by atomic mass is 10.1. The molecular weight excluding hydrogens is 394 g/mol. The summed E-state index contributed by atoms with van der Waals surface area (Å²) >= 11 is 1.55. The molecule has 2 N–H and O–H groups in total. The van der Waals surface area contributed by atoms with Gasteiger partial charge in [0.15, 0.2) is 11.5 Å².